The summed E-state index contributed by atoms with van der Waals surface area (Å²) >= 11 is 0. The maximum Gasteiger partial charge on any atom is 0.573 e. The second kappa shape index (κ2) is 16.3. The Balaban J connectivity index is 1.89. The third-order valence-corrected chi connectivity index (χ3v) is 11.1. The summed E-state index contributed by atoms with van der Waals surface area (Å²) in [5.41, 5.74) is 2.77. The number of allylic oxidation sites excluding steroid dienone is 4. The van der Waals surface area contributed by atoms with Crippen LogP contribution in [0.2, 0.25) is 0 Å². The Morgan fingerprint density at radius 1 is 1.04 bits per heavy atom. The Morgan fingerprint density at radius 3 is 2.18 bits per heavy atom. The molecule has 0 aliphatic carbocycles. The van der Waals surface area contributed by atoms with Crippen LogP contribution in [0.5, 0.6) is 0 Å². The molecule has 0 spiro atoms. The van der Waals surface area contributed by atoms with E-state index in [0.29, 0.717) is 5.82 Å². The van der Waals surface area contributed by atoms with Gasteiger partial charge in [0.05, 0.1) is 36.9 Å². The van der Waals surface area contributed by atoms with E-state index in [1.54, 1.807) is 12.4 Å². The number of carbonyl (C=O) groups is 1. The van der Waals surface area contributed by atoms with Crippen LogP contribution < -0.4 is 10.2 Å². The molecule has 1 fully saturated rings. The number of hydrogen-bond acceptors (Lipinski definition) is 7. The van der Waals surface area contributed by atoms with E-state index < -0.39 is 34.1 Å². The maximum atomic E-state index is 13.8. The molecule has 49 heavy (non-hydrogen) atoms. The Bertz CT molecular complexity index is 1590. The quantitative estimate of drug-likeness (QED) is 0.151. The average Bonchev–Trinajstić information content (AvgIpc) is 3.07. The number of ether oxygens (including phenoxy) is 1. The Hall–Kier alpha value is -3.75. The highest BCUT2D eigenvalue weighted by Gasteiger charge is 2.40. The number of sulfonamides is 1. The maximum absolute atomic E-state index is 13.8. The highest BCUT2D eigenvalue weighted by Crippen LogP contribution is 2.26. The first kappa shape index (κ1) is 39.7. The van der Waals surface area contributed by atoms with Gasteiger partial charge in [0.2, 0.25) is 15.9 Å². The first-order valence-electron chi connectivity index (χ1n) is 16.4. The second-order valence-corrected chi connectivity index (χ2v) is 15.2. The van der Waals surface area contributed by atoms with Gasteiger partial charge < -0.3 is 19.4 Å². The number of anilines is 1. The summed E-state index contributed by atoms with van der Waals surface area (Å²) in [5, 5.41) is 2.88. The van der Waals surface area contributed by atoms with E-state index in [1.165, 1.54) is 6.92 Å². The van der Waals surface area contributed by atoms with Crippen molar-refractivity contribution in [2.24, 2.45) is 0 Å². The fraction of sp³-hybridized carbons (Fsp3) is 0.514. The predicted molar refractivity (Wildman–Crippen MR) is 185 cm³/mol. The number of rotatable bonds is 14. The molecule has 3 rings (SSSR count). The van der Waals surface area contributed by atoms with Crippen LogP contribution in [0.4, 0.5) is 19.0 Å². The molecule has 270 valence electrons. The molecular weight excluding hydrogens is 657 g/mol. The van der Waals surface area contributed by atoms with E-state index in [-0.39, 0.29) is 36.5 Å². The van der Waals surface area contributed by atoms with Crippen LogP contribution in [0, 0.1) is 0 Å². The Kier molecular flexibility index (Phi) is 13.2. The SMILES string of the molecule is C=C/C(=C\C=C(/C)S(=O)(=O)N1CCN(c2cnc(C[N+](CC)(CC)CC)cn2)C[C@@H]1C(=O)NCc1ccc(C(C)(C)C)cc1)OC(F)(F)F. The van der Waals surface area contributed by atoms with Gasteiger partial charge in [-0.3, -0.25) is 4.79 Å². The van der Waals surface area contributed by atoms with Crippen LogP contribution in [0.3, 0.4) is 0 Å². The summed E-state index contributed by atoms with van der Waals surface area (Å²) in [6, 6.07) is 6.66. The molecule has 1 aromatic heterocycles. The lowest BCUT2D eigenvalue weighted by Crippen LogP contribution is -2.60. The number of nitrogens with zero attached hydrogens (tertiary/aromatic N) is 5. The number of benzene rings is 1. The highest BCUT2D eigenvalue weighted by molar-refractivity contribution is 7.93. The van der Waals surface area contributed by atoms with Gasteiger partial charge in [-0.05, 0) is 62.5 Å². The molecule has 1 aliphatic heterocycles. The van der Waals surface area contributed by atoms with Crippen molar-refractivity contribution in [2.45, 2.75) is 79.4 Å². The number of halogens is 3. The Labute approximate surface area is 289 Å². The van der Waals surface area contributed by atoms with E-state index in [4.69, 9.17) is 0 Å². The van der Waals surface area contributed by atoms with Crippen LogP contribution in [-0.4, -0.2) is 84.8 Å². The molecule has 10 nitrogen and oxygen atoms in total. The first-order valence-corrected chi connectivity index (χ1v) is 17.9. The molecule has 1 saturated heterocycles. The zero-order chi connectivity index (χ0) is 36.6. The summed E-state index contributed by atoms with van der Waals surface area (Å²) < 4.78 is 71.7. The van der Waals surface area contributed by atoms with E-state index in [1.807, 2.05) is 29.2 Å². The van der Waals surface area contributed by atoms with Crippen molar-refractivity contribution in [1.29, 1.82) is 0 Å². The molecular formula is C35H50F3N6O4S+. The Morgan fingerprint density at radius 2 is 1.67 bits per heavy atom. The van der Waals surface area contributed by atoms with Gasteiger partial charge in [0.25, 0.3) is 0 Å². The molecule has 1 N–H and O–H groups in total. The highest BCUT2D eigenvalue weighted by atomic mass is 32.2. The smallest absolute Gasteiger partial charge is 0.406 e. The monoisotopic (exact) mass is 707 g/mol. The number of nitrogens with one attached hydrogen (secondary N) is 1. The van der Waals surface area contributed by atoms with E-state index in [9.17, 15) is 26.4 Å². The topological polar surface area (TPSA) is 105 Å². The number of aromatic nitrogens is 2. The molecule has 0 radical (unpaired) electrons. The van der Waals surface area contributed by atoms with Crippen LogP contribution in [0.15, 0.2) is 72.1 Å². The van der Waals surface area contributed by atoms with Crippen molar-refractivity contribution in [3.63, 3.8) is 0 Å². The minimum Gasteiger partial charge on any atom is -0.406 e. The third-order valence-electron chi connectivity index (χ3n) is 9.08. The van der Waals surface area contributed by atoms with Gasteiger partial charge in [-0.2, -0.15) is 4.31 Å². The van der Waals surface area contributed by atoms with Crippen molar-refractivity contribution in [1.82, 2.24) is 19.6 Å². The standard InChI is InChI=1S/C35H49F3N6O4S/c1-9-30(48-35(36,37)38)18-13-26(5)49(46,47)43-20-19-42(32-23-39-29(22-40-32)25-44(10-2,11-3)12-4)24-31(43)33(45)41-21-27-14-16-28(17-15-27)34(6,7)8/h9,13-18,22-23,31H,1,10-12,19-21,24-25H2,2-8H3/p+1/b26-13+,30-18+/t31-/m1/s1. The zero-order valence-electron chi connectivity index (χ0n) is 29.5. The summed E-state index contributed by atoms with van der Waals surface area (Å²) in [4.78, 5) is 24.6. The number of alkyl halides is 3. The fourth-order valence-electron chi connectivity index (χ4n) is 5.60. The van der Waals surface area contributed by atoms with Crippen molar-refractivity contribution < 1.29 is 35.6 Å². The molecule has 0 bridgehead atoms. The van der Waals surface area contributed by atoms with Gasteiger partial charge in [0, 0.05) is 26.2 Å². The molecule has 2 aromatic rings. The normalized spacial score (nSPS) is 17.2. The van der Waals surface area contributed by atoms with Gasteiger partial charge in [-0.25, -0.2) is 18.4 Å². The van der Waals surface area contributed by atoms with Crippen molar-refractivity contribution >= 4 is 21.7 Å². The van der Waals surface area contributed by atoms with Crippen molar-refractivity contribution in [3.8, 4) is 0 Å². The molecule has 14 heteroatoms. The number of quaternary nitrogens is 1. The zero-order valence-corrected chi connectivity index (χ0v) is 30.4. The third kappa shape index (κ3) is 10.6. The van der Waals surface area contributed by atoms with Crippen molar-refractivity contribution in [2.75, 3.05) is 44.2 Å². The van der Waals surface area contributed by atoms with Gasteiger partial charge in [0.15, 0.2) is 0 Å². The van der Waals surface area contributed by atoms with E-state index in [2.05, 4.69) is 68.1 Å². The predicted octanol–water partition coefficient (Wildman–Crippen LogP) is 5.80. The molecule has 1 atom stereocenters. The summed E-state index contributed by atoms with van der Waals surface area (Å²) in [6.45, 7) is 21.2. The summed E-state index contributed by atoms with van der Waals surface area (Å²) in [7, 11) is -4.30. The van der Waals surface area contributed by atoms with Crippen LogP contribution in [-0.2, 0) is 38.1 Å². The number of hydrogen-bond donors (Lipinski definition) is 1. The van der Waals surface area contributed by atoms with Crippen LogP contribution in [0.25, 0.3) is 0 Å². The molecule has 2 heterocycles. The molecule has 0 saturated carbocycles. The minimum absolute atomic E-state index is 0.0147. The molecule has 0 unspecified atom stereocenters. The van der Waals surface area contributed by atoms with E-state index in [0.717, 1.165) is 70.0 Å². The number of amides is 1. The molecule has 1 amide bonds. The minimum atomic E-state index is -4.97. The number of carbonyl (C=O) groups excluding carboxylic acids is 1. The van der Waals surface area contributed by atoms with Crippen molar-refractivity contribution in [3.05, 3.63) is 89.0 Å². The summed E-state index contributed by atoms with van der Waals surface area (Å²) in [5.74, 6) is -0.688. The lowest BCUT2D eigenvalue weighted by atomic mass is 9.87. The van der Waals surface area contributed by atoms with Gasteiger partial charge in [-0.1, -0.05) is 51.6 Å². The average molecular weight is 708 g/mol. The van der Waals surface area contributed by atoms with E-state index >= 15 is 0 Å². The first-order chi connectivity index (χ1) is 22.9. The lowest BCUT2D eigenvalue weighted by Gasteiger charge is -2.40. The van der Waals surface area contributed by atoms with Gasteiger partial charge in [-0.15, -0.1) is 13.2 Å². The lowest BCUT2D eigenvalue weighted by molar-refractivity contribution is -0.936. The second-order valence-electron chi connectivity index (χ2n) is 13.2. The van der Waals surface area contributed by atoms with Crippen LogP contribution in [0.1, 0.15) is 65.3 Å². The van der Waals surface area contributed by atoms with Gasteiger partial charge in [0.1, 0.15) is 29.9 Å². The summed E-state index contributed by atoms with van der Waals surface area (Å²) in [6.07, 6.45) is 1.10. The van der Waals surface area contributed by atoms with Gasteiger partial charge >= 0.3 is 6.36 Å². The largest absolute Gasteiger partial charge is 0.573 e. The van der Waals surface area contributed by atoms with Crippen LogP contribution >= 0.6 is 0 Å². The fourth-order valence-corrected chi connectivity index (χ4v) is 7.03. The number of piperazine rings is 1. The molecule has 1 aliphatic rings. The molecule has 1 aromatic carbocycles.